The van der Waals surface area contributed by atoms with Crippen molar-refractivity contribution in [2.45, 2.75) is 53.4 Å². The van der Waals surface area contributed by atoms with E-state index in [1.165, 1.54) is 17.2 Å². The highest BCUT2D eigenvalue weighted by Crippen LogP contribution is 2.28. The lowest BCUT2D eigenvalue weighted by Gasteiger charge is -2.34. The molecule has 0 aliphatic carbocycles. The Hall–Kier alpha value is -2.34. The molecule has 1 aliphatic rings. The van der Waals surface area contributed by atoms with Crippen LogP contribution in [0.15, 0.2) is 42.5 Å². The van der Waals surface area contributed by atoms with Gasteiger partial charge in [0.05, 0.1) is 17.3 Å². The molecular weight excluding hydrogens is 347 g/mol. The van der Waals surface area contributed by atoms with E-state index in [1.54, 1.807) is 12.1 Å². The number of nitriles is 1. The van der Waals surface area contributed by atoms with Gasteiger partial charge in [0, 0.05) is 13.1 Å². The molecule has 0 bridgehead atoms. The molecule has 2 aromatic carbocycles. The number of nitrogens with zero attached hydrogens (tertiary/aromatic N) is 2. The Labute approximate surface area is 170 Å². The van der Waals surface area contributed by atoms with Gasteiger partial charge in [-0.1, -0.05) is 52.0 Å². The largest absolute Gasteiger partial charge is 0.369 e. The van der Waals surface area contributed by atoms with E-state index in [4.69, 9.17) is 5.26 Å². The van der Waals surface area contributed by atoms with Gasteiger partial charge in [0.25, 0.3) is 0 Å². The fourth-order valence-electron chi connectivity index (χ4n) is 3.83. The molecule has 3 heteroatoms. The zero-order valence-electron chi connectivity index (χ0n) is 17.7. The standard InChI is InChI=1S/C23H27FN2.C2H6/c1-17(2)13-18-3-5-19(6-4-18)14-20-9-11-26(12-10-20)23-8-7-21(16-25)15-22(23)24;1-2/h3-8,15,17,20H,9-14H2,1-2H3;1-2H3. The van der Waals surface area contributed by atoms with Crippen LogP contribution in [0.4, 0.5) is 10.1 Å². The SMILES string of the molecule is CC.CC(C)Cc1ccc(CC2CCN(c3ccc(C#N)cc3F)CC2)cc1. The number of halogens is 1. The first kappa shape index (κ1) is 22.0. The first-order chi connectivity index (χ1) is 13.5. The smallest absolute Gasteiger partial charge is 0.147 e. The summed E-state index contributed by atoms with van der Waals surface area (Å²) >= 11 is 0. The minimum absolute atomic E-state index is 0.289. The summed E-state index contributed by atoms with van der Waals surface area (Å²) in [5.74, 6) is 1.06. The highest BCUT2D eigenvalue weighted by molar-refractivity contribution is 5.51. The molecule has 0 N–H and O–H groups in total. The maximum atomic E-state index is 14.2. The van der Waals surface area contributed by atoms with Crippen molar-refractivity contribution >= 4 is 5.69 Å². The summed E-state index contributed by atoms with van der Waals surface area (Å²) in [6.07, 6.45) is 4.39. The molecular formula is C25H33FN2. The van der Waals surface area contributed by atoms with Gasteiger partial charge in [0.15, 0.2) is 0 Å². The maximum absolute atomic E-state index is 14.2. The molecule has 1 aliphatic heterocycles. The Morgan fingerprint density at radius 3 is 2.18 bits per heavy atom. The van der Waals surface area contributed by atoms with Crippen LogP contribution < -0.4 is 4.90 Å². The zero-order valence-corrected chi connectivity index (χ0v) is 17.7. The van der Waals surface area contributed by atoms with E-state index < -0.39 is 0 Å². The Morgan fingerprint density at radius 1 is 1.04 bits per heavy atom. The number of piperidine rings is 1. The third-order valence-electron chi connectivity index (χ3n) is 5.22. The molecule has 2 aromatic rings. The maximum Gasteiger partial charge on any atom is 0.147 e. The Morgan fingerprint density at radius 2 is 1.64 bits per heavy atom. The van der Waals surface area contributed by atoms with Gasteiger partial charge < -0.3 is 4.90 Å². The normalized spacial score (nSPS) is 14.4. The molecule has 0 atom stereocenters. The summed E-state index contributed by atoms with van der Waals surface area (Å²) in [6.45, 7) is 10.2. The summed E-state index contributed by atoms with van der Waals surface area (Å²) in [5.41, 5.74) is 3.82. The lowest BCUT2D eigenvalue weighted by Crippen LogP contribution is -2.34. The number of hydrogen-bond donors (Lipinski definition) is 0. The molecule has 0 saturated carbocycles. The van der Waals surface area contributed by atoms with Crippen molar-refractivity contribution in [2.75, 3.05) is 18.0 Å². The van der Waals surface area contributed by atoms with Crippen molar-refractivity contribution in [2.24, 2.45) is 11.8 Å². The summed E-state index contributed by atoms with van der Waals surface area (Å²) in [4.78, 5) is 2.11. The molecule has 150 valence electrons. The summed E-state index contributed by atoms with van der Waals surface area (Å²) < 4.78 is 14.2. The number of anilines is 1. The van der Waals surface area contributed by atoms with Gasteiger partial charge in [-0.3, -0.25) is 0 Å². The van der Waals surface area contributed by atoms with Crippen LogP contribution in [0.2, 0.25) is 0 Å². The lowest BCUT2D eigenvalue weighted by atomic mass is 9.89. The molecule has 1 heterocycles. The van der Waals surface area contributed by atoms with E-state index in [0.29, 0.717) is 23.1 Å². The van der Waals surface area contributed by atoms with Crippen molar-refractivity contribution in [3.05, 3.63) is 65.0 Å². The van der Waals surface area contributed by atoms with Crippen LogP contribution in [0.5, 0.6) is 0 Å². The van der Waals surface area contributed by atoms with Crippen molar-refractivity contribution < 1.29 is 4.39 Å². The van der Waals surface area contributed by atoms with E-state index in [2.05, 4.69) is 43.0 Å². The van der Waals surface area contributed by atoms with E-state index in [0.717, 1.165) is 38.8 Å². The molecule has 1 fully saturated rings. The second kappa shape index (κ2) is 10.9. The van der Waals surface area contributed by atoms with Gasteiger partial charge in [0.2, 0.25) is 0 Å². The Balaban J connectivity index is 0.00000136. The Kier molecular flexibility index (Phi) is 8.51. The highest BCUT2D eigenvalue weighted by atomic mass is 19.1. The zero-order chi connectivity index (χ0) is 20.5. The highest BCUT2D eigenvalue weighted by Gasteiger charge is 2.21. The fourth-order valence-corrected chi connectivity index (χ4v) is 3.83. The molecule has 0 radical (unpaired) electrons. The quantitative estimate of drug-likeness (QED) is 0.601. The topological polar surface area (TPSA) is 27.0 Å². The van der Waals surface area contributed by atoms with Gasteiger partial charge in [-0.25, -0.2) is 4.39 Å². The average molecular weight is 381 g/mol. The van der Waals surface area contributed by atoms with Crippen molar-refractivity contribution in [1.29, 1.82) is 5.26 Å². The average Bonchev–Trinajstić information content (AvgIpc) is 2.71. The molecule has 0 aromatic heterocycles. The van der Waals surface area contributed by atoms with Crippen molar-refractivity contribution in [3.8, 4) is 6.07 Å². The van der Waals surface area contributed by atoms with Crippen LogP contribution in [0, 0.1) is 29.0 Å². The van der Waals surface area contributed by atoms with Crippen molar-refractivity contribution in [1.82, 2.24) is 0 Å². The number of benzene rings is 2. The molecule has 0 amide bonds. The summed E-state index contributed by atoms with van der Waals surface area (Å²) in [7, 11) is 0. The second-order valence-corrected chi connectivity index (χ2v) is 7.83. The Bertz CT molecular complexity index is 766. The first-order valence-corrected chi connectivity index (χ1v) is 10.6. The lowest BCUT2D eigenvalue weighted by molar-refractivity contribution is 0.401. The van der Waals surface area contributed by atoms with Crippen molar-refractivity contribution in [3.63, 3.8) is 0 Å². The second-order valence-electron chi connectivity index (χ2n) is 7.83. The van der Waals surface area contributed by atoms with Gasteiger partial charge in [-0.15, -0.1) is 0 Å². The predicted molar refractivity (Wildman–Crippen MR) is 116 cm³/mol. The van der Waals surface area contributed by atoms with Gasteiger partial charge >= 0.3 is 0 Å². The monoisotopic (exact) mass is 380 g/mol. The van der Waals surface area contributed by atoms with Crippen LogP contribution in [0.3, 0.4) is 0 Å². The van der Waals surface area contributed by atoms with Crippen LogP contribution >= 0.6 is 0 Å². The summed E-state index contributed by atoms with van der Waals surface area (Å²) in [5, 5.41) is 8.87. The van der Waals surface area contributed by atoms with E-state index in [9.17, 15) is 4.39 Å². The van der Waals surface area contributed by atoms with Crippen LogP contribution in [0.1, 0.15) is 57.2 Å². The fraction of sp³-hybridized carbons (Fsp3) is 0.480. The molecule has 2 nitrogen and oxygen atoms in total. The van der Waals surface area contributed by atoms with Crippen LogP contribution in [0.25, 0.3) is 0 Å². The number of rotatable bonds is 5. The molecule has 1 saturated heterocycles. The minimum Gasteiger partial charge on any atom is -0.369 e. The van der Waals surface area contributed by atoms with E-state index in [-0.39, 0.29) is 5.82 Å². The summed E-state index contributed by atoms with van der Waals surface area (Å²) in [6, 6.07) is 15.8. The third-order valence-corrected chi connectivity index (χ3v) is 5.22. The van der Waals surface area contributed by atoms with E-state index >= 15 is 0 Å². The minimum atomic E-state index is -0.289. The van der Waals surface area contributed by atoms with Gasteiger partial charge in [0.1, 0.15) is 5.82 Å². The van der Waals surface area contributed by atoms with Crippen LogP contribution in [-0.4, -0.2) is 13.1 Å². The van der Waals surface area contributed by atoms with E-state index in [1.807, 2.05) is 19.9 Å². The predicted octanol–water partition coefficient (Wildman–Crippen LogP) is 6.38. The molecule has 3 rings (SSSR count). The first-order valence-electron chi connectivity index (χ1n) is 10.6. The molecule has 28 heavy (non-hydrogen) atoms. The van der Waals surface area contributed by atoms with Crippen LogP contribution in [-0.2, 0) is 12.8 Å². The third kappa shape index (κ3) is 6.09. The number of hydrogen-bond acceptors (Lipinski definition) is 2. The molecule has 0 unspecified atom stereocenters. The van der Waals surface area contributed by atoms with Gasteiger partial charge in [-0.2, -0.15) is 5.26 Å². The van der Waals surface area contributed by atoms with Gasteiger partial charge in [-0.05, 0) is 66.8 Å². The molecule has 0 spiro atoms.